The van der Waals surface area contributed by atoms with Crippen LogP contribution in [0.15, 0.2) is 36.4 Å². The van der Waals surface area contributed by atoms with Crippen LogP contribution in [0.1, 0.15) is 45.6 Å². The zero-order valence-electron chi connectivity index (χ0n) is 16.3. The molecule has 2 aliphatic rings. The van der Waals surface area contributed by atoms with Crippen molar-refractivity contribution < 1.29 is 9.53 Å². The van der Waals surface area contributed by atoms with Crippen molar-refractivity contribution in [2.24, 2.45) is 11.8 Å². The smallest absolute Gasteiger partial charge is 0.410 e. The Morgan fingerprint density at radius 2 is 1.92 bits per heavy atom. The van der Waals surface area contributed by atoms with Crippen LogP contribution in [0, 0.1) is 11.8 Å². The Morgan fingerprint density at radius 3 is 2.58 bits per heavy atom. The maximum absolute atomic E-state index is 12.1. The van der Waals surface area contributed by atoms with Crippen molar-refractivity contribution in [3.8, 4) is 0 Å². The molecule has 0 aromatic heterocycles. The minimum Gasteiger partial charge on any atom is -0.444 e. The molecule has 142 valence electrons. The Kier molecular flexibility index (Phi) is 6.02. The maximum Gasteiger partial charge on any atom is 0.410 e. The van der Waals surface area contributed by atoms with Gasteiger partial charge in [-0.25, -0.2) is 4.79 Å². The molecule has 1 aliphatic heterocycles. The summed E-state index contributed by atoms with van der Waals surface area (Å²) in [6.07, 6.45) is 7.74. The Bertz CT molecular complexity index is 613. The van der Waals surface area contributed by atoms with Gasteiger partial charge in [-0.15, -0.1) is 0 Å². The van der Waals surface area contributed by atoms with Gasteiger partial charge in [0.2, 0.25) is 0 Å². The van der Waals surface area contributed by atoms with Crippen LogP contribution in [0.3, 0.4) is 0 Å². The summed E-state index contributed by atoms with van der Waals surface area (Å²) < 4.78 is 5.46. The molecule has 1 saturated heterocycles. The lowest BCUT2D eigenvalue weighted by Gasteiger charge is -2.33. The molecule has 1 N–H and O–H groups in total. The molecule has 1 amide bonds. The predicted octanol–water partition coefficient (Wildman–Crippen LogP) is 4.33. The summed E-state index contributed by atoms with van der Waals surface area (Å²) in [6.45, 7) is 8.43. The van der Waals surface area contributed by atoms with E-state index in [1.54, 1.807) is 0 Å². The zero-order chi connectivity index (χ0) is 18.6. The third-order valence-corrected chi connectivity index (χ3v) is 5.11. The van der Waals surface area contributed by atoms with E-state index in [4.69, 9.17) is 4.74 Å². The summed E-state index contributed by atoms with van der Waals surface area (Å²) in [7, 11) is 0. The summed E-state index contributed by atoms with van der Waals surface area (Å²) >= 11 is 0. The number of piperidine rings is 1. The highest BCUT2D eigenvalue weighted by Gasteiger charge is 2.35. The highest BCUT2D eigenvalue weighted by atomic mass is 16.6. The van der Waals surface area contributed by atoms with Crippen LogP contribution in [0.5, 0.6) is 0 Å². The molecule has 1 aliphatic carbocycles. The number of nitrogens with zero attached hydrogens (tertiary/aromatic N) is 1. The maximum atomic E-state index is 12.1. The standard InChI is InChI=1S/C22H32N2O2/c1-22(2,3)26-21(25)24-13-11-18(12-14-24)16-23-20-15-19(20)10-9-17-7-5-4-6-8-17/h4-10,18-20,23H,11-16H2,1-3H3/b10-9-. The van der Waals surface area contributed by atoms with E-state index in [1.807, 2.05) is 31.7 Å². The van der Waals surface area contributed by atoms with Gasteiger partial charge in [0.1, 0.15) is 5.60 Å². The van der Waals surface area contributed by atoms with Gasteiger partial charge in [-0.3, -0.25) is 0 Å². The molecule has 4 heteroatoms. The molecule has 1 aromatic carbocycles. The Labute approximate surface area is 157 Å². The second-order valence-corrected chi connectivity index (χ2v) is 8.59. The van der Waals surface area contributed by atoms with Crippen molar-refractivity contribution in [1.82, 2.24) is 10.2 Å². The summed E-state index contributed by atoms with van der Waals surface area (Å²) in [6, 6.07) is 11.1. The van der Waals surface area contributed by atoms with Gasteiger partial charge < -0.3 is 15.0 Å². The minimum absolute atomic E-state index is 0.169. The van der Waals surface area contributed by atoms with Crippen molar-refractivity contribution in [3.05, 3.63) is 42.0 Å². The molecule has 0 radical (unpaired) electrons. The number of likely N-dealkylation sites (tertiary alicyclic amines) is 1. The molecule has 1 heterocycles. The third kappa shape index (κ3) is 5.87. The molecule has 0 bridgehead atoms. The summed E-state index contributed by atoms with van der Waals surface area (Å²) in [5.41, 5.74) is 0.858. The molecular formula is C22H32N2O2. The number of hydrogen-bond acceptors (Lipinski definition) is 3. The highest BCUT2D eigenvalue weighted by Crippen LogP contribution is 2.33. The number of amides is 1. The van der Waals surface area contributed by atoms with E-state index in [0.717, 1.165) is 32.5 Å². The van der Waals surface area contributed by atoms with E-state index in [0.29, 0.717) is 17.9 Å². The van der Waals surface area contributed by atoms with E-state index in [-0.39, 0.29) is 6.09 Å². The Morgan fingerprint density at radius 1 is 1.23 bits per heavy atom. The van der Waals surface area contributed by atoms with E-state index >= 15 is 0 Å². The fraction of sp³-hybridized carbons (Fsp3) is 0.591. The van der Waals surface area contributed by atoms with Crippen molar-refractivity contribution >= 4 is 12.2 Å². The molecule has 26 heavy (non-hydrogen) atoms. The van der Waals surface area contributed by atoms with Crippen LogP contribution in [0.4, 0.5) is 4.79 Å². The average Bonchev–Trinajstić information content (AvgIpc) is 3.36. The van der Waals surface area contributed by atoms with Gasteiger partial charge in [0, 0.05) is 19.1 Å². The van der Waals surface area contributed by atoms with E-state index in [9.17, 15) is 4.79 Å². The normalized spacial score (nSPS) is 24.0. The lowest BCUT2D eigenvalue weighted by atomic mass is 9.97. The third-order valence-electron chi connectivity index (χ3n) is 5.11. The first-order valence-electron chi connectivity index (χ1n) is 9.85. The van der Waals surface area contributed by atoms with Crippen LogP contribution in [-0.2, 0) is 4.74 Å². The van der Waals surface area contributed by atoms with Gasteiger partial charge in [0.05, 0.1) is 0 Å². The SMILES string of the molecule is CC(C)(C)OC(=O)N1CCC(CNC2CC2/C=C\c2ccccc2)CC1. The number of carbonyl (C=O) groups excluding carboxylic acids is 1. The van der Waals surface area contributed by atoms with Crippen LogP contribution in [0.2, 0.25) is 0 Å². The lowest BCUT2D eigenvalue weighted by Crippen LogP contribution is -2.43. The Hall–Kier alpha value is -1.81. The first-order valence-corrected chi connectivity index (χ1v) is 9.85. The van der Waals surface area contributed by atoms with E-state index in [2.05, 4.69) is 41.7 Å². The average molecular weight is 357 g/mol. The first kappa shape index (κ1) is 19.0. The Balaban J connectivity index is 1.33. The second-order valence-electron chi connectivity index (χ2n) is 8.59. The molecule has 2 fully saturated rings. The monoisotopic (exact) mass is 356 g/mol. The molecule has 0 spiro atoms. The van der Waals surface area contributed by atoms with Crippen molar-refractivity contribution in [2.75, 3.05) is 19.6 Å². The van der Waals surface area contributed by atoms with Gasteiger partial charge in [-0.05, 0) is 64.0 Å². The summed E-state index contributed by atoms with van der Waals surface area (Å²) in [4.78, 5) is 14.0. The van der Waals surface area contributed by atoms with Gasteiger partial charge >= 0.3 is 6.09 Å². The van der Waals surface area contributed by atoms with Crippen LogP contribution in [0.25, 0.3) is 6.08 Å². The highest BCUT2D eigenvalue weighted by molar-refractivity contribution is 5.68. The van der Waals surface area contributed by atoms with Crippen LogP contribution < -0.4 is 5.32 Å². The molecule has 1 saturated carbocycles. The quantitative estimate of drug-likeness (QED) is 0.854. The fourth-order valence-electron chi connectivity index (χ4n) is 3.43. The molecule has 4 nitrogen and oxygen atoms in total. The van der Waals surface area contributed by atoms with Crippen molar-refractivity contribution in [1.29, 1.82) is 0 Å². The lowest BCUT2D eigenvalue weighted by molar-refractivity contribution is 0.0184. The number of rotatable bonds is 5. The van der Waals surface area contributed by atoms with Gasteiger partial charge in [0.15, 0.2) is 0 Å². The van der Waals surface area contributed by atoms with Gasteiger partial charge in [-0.2, -0.15) is 0 Å². The van der Waals surface area contributed by atoms with E-state index in [1.165, 1.54) is 12.0 Å². The van der Waals surface area contributed by atoms with Gasteiger partial charge in [0.25, 0.3) is 0 Å². The topological polar surface area (TPSA) is 41.6 Å². The summed E-state index contributed by atoms with van der Waals surface area (Å²) in [5, 5.41) is 3.71. The molecule has 1 aromatic rings. The number of ether oxygens (including phenoxy) is 1. The molecule has 2 atom stereocenters. The fourth-order valence-corrected chi connectivity index (χ4v) is 3.43. The minimum atomic E-state index is -0.413. The number of benzene rings is 1. The number of carbonyl (C=O) groups is 1. The van der Waals surface area contributed by atoms with Crippen molar-refractivity contribution in [3.63, 3.8) is 0 Å². The largest absolute Gasteiger partial charge is 0.444 e. The van der Waals surface area contributed by atoms with E-state index < -0.39 is 5.60 Å². The second kappa shape index (κ2) is 8.26. The van der Waals surface area contributed by atoms with Crippen molar-refractivity contribution in [2.45, 2.75) is 51.7 Å². The molecule has 3 rings (SSSR count). The van der Waals surface area contributed by atoms with Crippen LogP contribution in [-0.4, -0.2) is 42.3 Å². The summed E-state index contributed by atoms with van der Waals surface area (Å²) in [5.74, 6) is 1.32. The number of nitrogens with one attached hydrogen (secondary N) is 1. The zero-order valence-corrected chi connectivity index (χ0v) is 16.3. The number of hydrogen-bond donors (Lipinski definition) is 1. The molecular weight excluding hydrogens is 324 g/mol. The van der Waals surface area contributed by atoms with Crippen LogP contribution >= 0.6 is 0 Å². The predicted molar refractivity (Wildman–Crippen MR) is 106 cm³/mol. The first-order chi connectivity index (χ1) is 12.4. The molecule has 2 unspecified atom stereocenters. The van der Waals surface area contributed by atoms with Gasteiger partial charge in [-0.1, -0.05) is 42.5 Å².